The van der Waals surface area contributed by atoms with E-state index in [4.69, 9.17) is 4.74 Å². The molecule has 5 nitrogen and oxygen atoms in total. The van der Waals surface area contributed by atoms with Gasteiger partial charge in [-0.1, -0.05) is 6.07 Å². The van der Waals surface area contributed by atoms with Gasteiger partial charge in [0.25, 0.3) is 0 Å². The molecule has 2 aromatic rings. The van der Waals surface area contributed by atoms with Gasteiger partial charge >= 0.3 is 0 Å². The number of nitrogens with zero attached hydrogens (tertiary/aromatic N) is 1. The molecule has 1 aromatic carbocycles. The summed E-state index contributed by atoms with van der Waals surface area (Å²) in [6.45, 7) is 5.28. The van der Waals surface area contributed by atoms with Crippen molar-refractivity contribution in [1.82, 2.24) is 4.98 Å². The minimum Gasteiger partial charge on any atom is -0.494 e. The van der Waals surface area contributed by atoms with Crippen LogP contribution < -0.4 is 10.1 Å². The fourth-order valence-corrected chi connectivity index (χ4v) is 3.05. The number of rotatable bonds is 5. The summed E-state index contributed by atoms with van der Waals surface area (Å²) < 4.78 is 42.2. The number of aromatic nitrogens is 1. The second kappa shape index (κ2) is 6.76. The molecule has 0 radical (unpaired) electrons. The van der Waals surface area contributed by atoms with Gasteiger partial charge in [0.1, 0.15) is 0 Å². The predicted molar refractivity (Wildman–Crippen MR) is 91.5 cm³/mol. The average Bonchev–Trinajstić information content (AvgIpc) is 2.52. The molecule has 0 spiro atoms. The molecule has 0 aliphatic rings. The van der Waals surface area contributed by atoms with E-state index in [0.29, 0.717) is 12.2 Å². The van der Waals surface area contributed by atoms with E-state index in [9.17, 15) is 12.8 Å². The lowest BCUT2D eigenvalue weighted by atomic mass is 10.2. The molecule has 0 amide bonds. The first-order chi connectivity index (χ1) is 11.1. The second-order valence-electron chi connectivity index (χ2n) is 6.32. The van der Waals surface area contributed by atoms with Crippen molar-refractivity contribution in [1.29, 1.82) is 0 Å². The summed E-state index contributed by atoms with van der Waals surface area (Å²) in [6, 6.07) is 7.81. The third kappa shape index (κ3) is 3.84. The number of sulfone groups is 1. The standard InChI is InChI=1S/C17H21FN2O3S/c1-17(2,3)24(21,22)16-8-6-13(11-20-16)19-10-12-5-7-15(23-4)14(18)9-12/h5-9,11,19H,10H2,1-4H3. The monoisotopic (exact) mass is 352 g/mol. The van der Waals surface area contributed by atoms with E-state index < -0.39 is 20.4 Å². The van der Waals surface area contributed by atoms with Crippen LogP contribution >= 0.6 is 0 Å². The predicted octanol–water partition coefficient (Wildman–Crippen LogP) is 3.41. The lowest BCUT2D eigenvalue weighted by Gasteiger charge is -2.18. The minimum absolute atomic E-state index is 0.0380. The molecule has 1 heterocycles. The first kappa shape index (κ1) is 18.2. The molecule has 0 aliphatic heterocycles. The SMILES string of the molecule is COc1ccc(CNc2ccc(S(=O)(=O)C(C)(C)C)nc2)cc1F. The number of benzene rings is 1. The van der Waals surface area contributed by atoms with Crippen LogP contribution in [0.15, 0.2) is 41.6 Å². The van der Waals surface area contributed by atoms with Crippen molar-refractivity contribution in [3.05, 3.63) is 47.9 Å². The van der Waals surface area contributed by atoms with Crippen molar-refractivity contribution >= 4 is 15.5 Å². The maximum absolute atomic E-state index is 13.6. The van der Waals surface area contributed by atoms with Crippen molar-refractivity contribution < 1.29 is 17.5 Å². The summed E-state index contributed by atoms with van der Waals surface area (Å²) in [5.74, 6) is -0.237. The summed E-state index contributed by atoms with van der Waals surface area (Å²) in [5.41, 5.74) is 1.39. The molecule has 2 rings (SSSR count). The zero-order chi connectivity index (χ0) is 18.0. The molecule has 0 fully saturated rings. The largest absolute Gasteiger partial charge is 0.494 e. The summed E-state index contributed by atoms with van der Waals surface area (Å²) in [4.78, 5) is 4.03. The molecule has 1 aromatic heterocycles. The van der Waals surface area contributed by atoms with Gasteiger partial charge in [0, 0.05) is 6.54 Å². The number of methoxy groups -OCH3 is 1. The lowest BCUT2D eigenvalue weighted by molar-refractivity contribution is 0.386. The maximum Gasteiger partial charge on any atom is 0.200 e. The minimum atomic E-state index is -3.48. The molecule has 0 saturated heterocycles. The number of pyridine rings is 1. The smallest absolute Gasteiger partial charge is 0.200 e. The summed E-state index contributed by atoms with van der Waals surface area (Å²) in [5, 5.41) is 3.12. The summed E-state index contributed by atoms with van der Waals surface area (Å²) in [7, 11) is -2.06. The third-order valence-corrected chi connectivity index (χ3v) is 5.94. The van der Waals surface area contributed by atoms with E-state index in [1.165, 1.54) is 25.4 Å². The topological polar surface area (TPSA) is 68.3 Å². The molecule has 7 heteroatoms. The number of halogens is 1. The Morgan fingerprint density at radius 3 is 2.42 bits per heavy atom. The number of nitrogens with one attached hydrogen (secondary N) is 1. The average molecular weight is 352 g/mol. The van der Waals surface area contributed by atoms with Gasteiger partial charge < -0.3 is 10.1 Å². The molecule has 0 saturated carbocycles. The molecule has 0 unspecified atom stereocenters. The second-order valence-corrected chi connectivity index (χ2v) is 8.97. The Kier molecular flexibility index (Phi) is 5.13. The first-order valence-corrected chi connectivity index (χ1v) is 8.90. The van der Waals surface area contributed by atoms with E-state index >= 15 is 0 Å². The van der Waals surface area contributed by atoms with Crippen molar-refractivity contribution in [2.45, 2.75) is 37.1 Å². The van der Waals surface area contributed by atoms with Crippen LogP contribution in [0.2, 0.25) is 0 Å². The number of hydrogen-bond donors (Lipinski definition) is 1. The fourth-order valence-electron chi connectivity index (χ4n) is 1.98. The van der Waals surface area contributed by atoms with Crippen molar-refractivity contribution in [3.63, 3.8) is 0 Å². The third-order valence-electron chi connectivity index (χ3n) is 3.53. The van der Waals surface area contributed by atoms with E-state index in [1.807, 2.05) is 0 Å². The lowest BCUT2D eigenvalue weighted by Crippen LogP contribution is -2.28. The molecular formula is C17H21FN2O3S. The quantitative estimate of drug-likeness (QED) is 0.893. The van der Waals surface area contributed by atoms with E-state index in [1.54, 1.807) is 39.0 Å². The zero-order valence-corrected chi connectivity index (χ0v) is 14.9. The summed E-state index contributed by atoms with van der Waals surface area (Å²) >= 11 is 0. The highest BCUT2D eigenvalue weighted by molar-refractivity contribution is 7.92. The highest BCUT2D eigenvalue weighted by Crippen LogP contribution is 2.24. The molecule has 0 atom stereocenters. The Labute approximate surface area is 141 Å². The molecule has 24 heavy (non-hydrogen) atoms. The number of hydrogen-bond acceptors (Lipinski definition) is 5. The number of anilines is 1. The molecular weight excluding hydrogens is 331 g/mol. The molecule has 0 aliphatic carbocycles. The van der Waals surface area contributed by atoms with Gasteiger partial charge in [-0.3, -0.25) is 0 Å². The number of ether oxygens (including phenoxy) is 1. The van der Waals surface area contributed by atoms with Crippen molar-refractivity contribution in [2.75, 3.05) is 12.4 Å². The van der Waals surface area contributed by atoms with Gasteiger partial charge in [-0.05, 0) is 50.6 Å². The Bertz CT molecular complexity index is 813. The van der Waals surface area contributed by atoms with Gasteiger partial charge in [-0.2, -0.15) is 0 Å². The molecule has 130 valence electrons. The Hall–Kier alpha value is -2.15. The normalized spacial score (nSPS) is 12.0. The highest BCUT2D eigenvalue weighted by atomic mass is 32.2. The van der Waals surface area contributed by atoms with Crippen LogP contribution in [0.1, 0.15) is 26.3 Å². The van der Waals surface area contributed by atoms with E-state index in [0.717, 1.165) is 5.56 Å². The van der Waals surface area contributed by atoms with Crippen molar-refractivity contribution in [3.8, 4) is 5.75 Å². The van der Waals surface area contributed by atoms with Crippen LogP contribution in [0.25, 0.3) is 0 Å². The highest BCUT2D eigenvalue weighted by Gasteiger charge is 2.31. The van der Waals surface area contributed by atoms with Gasteiger partial charge in [-0.25, -0.2) is 17.8 Å². The van der Waals surface area contributed by atoms with Crippen LogP contribution in [-0.2, 0) is 16.4 Å². The molecule has 0 bridgehead atoms. The van der Waals surface area contributed by atoms with Crippen LogP contribution in [0.3, 0.4) is 0 Å². The molecule has 1 N–H and O–H groups in total. The Morgan fingerprint density at radius 2 is 1.92 bits per heavy atom. The Morgan fingerprint density at radius 1 is 1.21 bits per heavy atom. The van der Waals surface area contributed by atoms with E-state index in [-0.39, 0.29) is 10.8 Å². The first-order valence-electron chi connectivity index (χ1n) is 7.42. The summed E-state index contributed by atoms with van der Waals surface area (Å²) in [6.07, 6.45) is 1.46. The zero-order valence-electron chi connectivity index (χ0n) is 14.1. The van der Waals surface area contributed by atoms with Crippen molar-refractivity contribution in [2.24, 2.45) is 0 Å². The van der Waals surface area contributed by atoms with Crippen LogP contribution in [0.4, 0.5) is 10.1 Å². The Balaban J connectivity index is 2.09. The maximum atomic E-state index is 13.6. The van der Waals surface area contributed by atoms with Gasteiger partial charge in [0.15, 0.2) is 26.4 Å². The van der Waals surface area contributed by atoms with Gasteiger partial charge in [0.05, 0.1) is 23.7 Å². The van der Waals surface area contributed by atoms with Crippen LogP contribution in [0.5, 0.6) is 5.75 Å². The van der Waals surface area contributed by atoms with Crippen LogP contribution in [-0.4, -0.2) is 25.3 Å². The fraction of sp³-hybridized carbons (Fsp3) is 0.353. The van der Waals surface area contributed by atoms with Gasteiger partial charge in [0.2, 0.25) is 0 Å². The van der Waals surface area contributed by atoms with Crippen LogP contribution in [0, 0.1) is 5.82 Å². The van der Waals surface area contributed by atoms with E-state index in [2.05, 4.69) is 10.3 Å². The van der Waals surface area contributed by atoms with Gasteiger partial charge in [-0.15, -0.1) is 0 Å².